The van der Waals surface area contributed by atoms with Gasteiger partial charge < -0.3 is 10.0 Å². The van der Waals surface area contributed by atoms with Crippen molar-refractivity contribution < 1.29 is 14.7 Å². The third-order valence-electron chi connectivity index (χ3n) is 4.58. The molecule has 1 aliphatic carbocycles. The molecule has 0 aromatic heterocycles. The van der Waals surface area contributed by atoms with Crippen LogP contribution in [0.2, 0.25) is 0 Å². The fourth-order valence-electron chi connectivity index (χ4n) is 3.51. The Bertz CT molecular complexity index is 342. The van der Waals surface area contributed by atoms with Crippen molar-refractivity contribution in [2.45, 2.75) is 52.0 Å². The molecule has 102 valence electrons. The van der Waals surface area contributed by atoms with E-state index in [9.17, 15) is 9.59 Å². The van der Waals surface area contributed by atoms with Crippen molar-refractivity contribution in [3.63, 3.8) is 0 Å². The van der Waals surface area contributed by atoms with Gasteiger partial charge in [-0.1, -0.05) is 13.8 Å². The van der Waals surface area contributed by atoms with Crippen molar-refractivity contribution in [2.75, 3.05) is 6.54 Å². The minimum atomic E-state index is -0.760. The molecule has 1 heterocycles. The van der Waals surface area contributed by atoms with Crippen LogP contribution < -0.4 is 0 Å². The van der Waals surface area contributed by atoms with E-state index in [2.05, 4.69) is 13.8 Å². The molecule has 0 spiro atoms. The lowest BCUT2D eigenvalue weighted by atomic mass is 9.78. The zero-order chi connectivity index (χ0) is 13.3. The molecule has 4 nitrogen and oxygen atoms in total. The molecule has 18 heavy (non-hydrogen) atoms. The van der Waals surface area contributed by atoms with Gasteiger partial charge in [-0.05, 0) is 37.5 Å². The summed E-state index contributed by atoms with van der Waals surface area (Å²) < 4.78 is 0. The molecule has 0 aromatic carbocycles. The van der Waals surface area contributed by atoms with Gasteiger partial charge in [0.05, 0.1) is 5.92 Å². The summed E-state index contributed by atoms with van der Waals surface area (Å²) in [6.07, 6.45) is 4.22. The predicted octanol–water partition coefficient (Wildman–Crippen LogP) is 2.13. The van der Waals surface area contributed by atoms with Crippen molar-refractivity contribution in [3.8, 4) is 0 Å². The molecule has 1 saturated heterocycles. The standard InChI is InChI=1S/C14H23NO3/c1-9-3-5-12(10(2)7-9)15-8-11(14(17)18)4-6-13(15)16/h9-12H,3-8H2,1-2H3,(H,17,18). The molecule has 1 amide bonds. The lowest BCUT2D eigenvalue weighted by molar-refractivity contribution is -0.150. The van der Waals surface area contributed by atoms with E-state index in [0.717, 1.165) is 25.2 Å². The maximum atomic E-state index is 12.0. The average molecular weight is 253 g/mol. The van der Waals surface area contributed by atoms with Crippen LogP contribution in [-0.2, 0) is 9.59 Å². The van der Waals surface area contributed by atoms with E-state index < -0.39 is 5.97 Å². The molecule has 0 bridgehead atoms. The molecular formula is C14H23NO3. The van der Waals surface area contributed by atoms with Gasteiger partial charge in [0, 0.05) is 19.0 Å². The van der Waals surface area contributed by atoms with Crippen LogP contribution >= 0.6 is 0 Å². The quantitative estimate of drug-likeness (QED) is 0.820. The van der Waals surface area contributed by atoms with Gasteiger partial charge in [0.15, 0.2) is 0 Å². The number of carboxylic acid groups (broad SMARTS) is 1. The highest BCUT2D eigenvalue weighted by atomic mass is 16.4. The maximum Gasteiger partial charge on any atom is 0.308 e. The molecule has 4 heteroatoms. The minimum absolute atomic E-state index is 0.152. The number of hydrogen-bond donors (Lipinski definition) is 1. The molecule has 1 saturated carbocycles. The number of carboxylic acids is 1. The largest absolute Gasteiger partial charge is 0.481 e. The number of amides is 1. The summed E-state index contributed by atoms with van der Waals surface area (Å²) in [5.41, 5.74) is 0. The Morgan fingerprint density at radius 1 is 1.28 bits per heavy atom. The van der Waals surface area contributed by atoms with Crippen molar-refractivity contribution in [3.05, 3.63) is 0 Å². The summed E-state index contributed by atoms with van der Waals surface area (Å²) >= 11 is 0. The van der Waals surface area contributed by atoms with Crippen molar-refractivity contribution in [1.29, 1.82) is 0 Å². The number of carbonyl (C=O) groups is 2. The summed E-state index contributed by atoms with van der Waals surface area (Å²) in [7, 11) is 0. The molecule has 2 fully saturated rings. The SMILES string of the molecule is CC1CCC(N2CC(C(=O)O)CCC2=O)C(C)C1. The highest BCUT2D eigenvalue weighted by molar-refractivity contribution is 5.80. The fraction of sp³-hybridized carbons (Fsp3) is 0.857. The Morgan fingerprint density at radius 2 is 2.00 bits per heavy atom. The Balaban J connectivity index is 2.05. The van der Waals surface area contributed by atoms with Crippen molar-refractivity contribution >= 4 is 11.9 Å². The number of rotatable bonds is 2. The smallest absolute Gasteiger partial charge is 0.308 e. The van der Waals surface area contributed by atoms with E-state index in [1.54, 1.807) is 0 Å². The lowest BCUT2D eigenvalue weighted by Crippen LogP contribution is -2.51. The number of hydrogen-bond acceptors (Lipinski definition) is 2. The summed E-state index contributed by atoms with van der Waals surface area (Å²) in [6.45, 7) is 4.86. The predicted molar refractivity (Wildman–Crippen MR) is 68.0 cm³/mol. The third-order valence-corrected chi connectivity index (χ3v) is 4.58. The van der Waals surface area contributed by atoms with Crippen LogP contribution in [0.25, 0.3) is 0 Å². The van der Waals surface area contributed by atoms with Crippen LogP contribution in [0.1, 0.15) is 46.0 Å². The van der Waals surface area contributed by atoms with Crippen LogP contribution in [0.3, 0.4) is 0 Å². The number of likely N-dealkylation sites (tertiary alicyclic amines) is 1. The van der Waals surface area contributed by atoms with Gasteiger partial charge in [-0.25, -0.2) is 0 Å². The fourth-order valence-corrected chi connectivity index (χ4v) is 3.51. The Hall–Kier alpha value is -1.06. The number of piperidine rings is 1. The third kappa shape index (κ3) is 2.68. The van der Waals surface area contributed by atoms with E-state index in [1.165, 1.54) is 0 Å². The zero-order valence-corrected chi connectivity index (χ0v) is 11.3. The van der Waals surface area contributed by atoms with E-state index in [-0.39, 0.29) is 17.9 Å². The highest BCUT2D eigenvalue weighted by Gasteiger charge is 2.37. The van der Waals surface area contributed by atoms with Gasteiger partial charge in [0.2, 0.25) is 5.91 Å². The highest BCUT2D eigenvalue weighted by Crippen LogP contribution is 2.34. The summed E-state index contributed by atoms with van der Waals surface area (Å²) in [6, 6.07) is 0.260. The summed E-state index contributed by atoms with van der Waals surface area (Å²) in [4.78, 5) is 25.0. The van der Waals surface area contributed by atoms with Crippen LogP contribution in [0, 0.1) is 17.8 Å². The van der Waals surface area contributed by atoms with E-state index in [0.29, 0.717) is 25.3 Å². The minimum Gasteiger partial charge on any atom is -0.481 e. The van der Waals surface area contributed by atoms with E-state index in [4.69, 9.17) is 5.11 Å². The van der Waals surface area contributed by atoms with Crippen LogP contribution in [-0.4, -0.2) is 34.5 Å². The lowest BCUT2D eigenvalue weighted by Gasteiger charge is -2.43. The van der Waals surface area contributed by atoms with E-state index in [1.807, 2.05) is 4.90 Å². The van der Waals surface area contributed by atoms with Gasteiger partial charge in [0.1, 0.15) is 0 Å². The molecule has 2 rings (SSSR count). The second-order valence-corrected chi connectivity index (χ2v) is 6.08. The maximum absolute atomic E-state index is 12.0. The zero-order valence-electron chi connectivity index (χ0n) is 11.3. The second-order valence-electron chi connectivity index (χ2n) is 6.08. The topological polar surface area (TPSA) is 57.6 Å². The van der Waals surface area contributed by atoms with Gasteiger partial charge in [-0.3, -0.25) is 9.59 Å². The normalized spacial score (nSPS) is 37.7. The number of aliphatic carboxylic acids is 1. The summed E-state index contributed by atoms with van der Waals surface area (Å²) in [5.74, 6) is 0.245. The first kappa shape index (κ1) is 13.4. The first-order valence-electron chi connectivity index (χ1n) is 7.01. The molecule has 4 unspecified atom stereocenters. The molecular weight excluding hydrogens is 230 g/mol. The van der Waals surface area contributed by atoms with Crippen molar-refractivity contribution in [2.24, 2.45) is 17.8 Å². The van der Waals surface area contributed by atoms with Gasteiger partial charge in [-0.2, -0.15) is 0 Å². The molecule has 0 radical (unpaired) electrons. The van der Waals surface area contributed by atoms with Crippen molar-refractivity contribution in [1.82, 2.24) is 4.90 Å². The number of nitrogens with zero attached hydrogens (tertiary/aromatic N) is 1. The van der Waals surface area contributed by atoms with Gasteiger partial charge in [0.25, 0.3) is 0 Å². The van der Waals surface area contributed by atoms with Crippen LogP contribution in [0.5, 0.6) is 0 Å². The Morgan fingerprint density at radius 3 is 2.61 bits per heavy atom. The van der Waals surface area contributed by atoms with E-state index >= 15 is 0 Å². The van der Waals surface area contributed by atoms with Crippen LogP contribution in [0.4, 0.5) is 0 Å². The molecule has 4 atom stereocenters. The Labute approximate surface area is 108 Å². The molecule has 1 N–H and O–H groups in total. The average Bonchev–Trinajstić information content (AvgIpc) is 2.30. The molecule has 1 aliphatic heterocycles. The Kier molecular flexibility index (Phi) is 3.93. The molecule has 0 aromatic rings. The monoisotopic (exact) mass is 253 g/mol. The van der Waals surface area contributed by atoms with Gasteiger partial charge in [-0.15, -0.1) is 0 Å². The number of carbonyl (C=O) groups excluding carboxylic acids is 1. The first-order chi connectivity index (χ1) is 8.49. The van der Waals surface area contributed by atoms with Gasteiger partial charge >= 0.3 is 5.97 Å². The van der Waals surface area contributed by atoms with Crippen LogP contribution in [0.15, 0.2) is 0 Å². The molecule has 2 aliphatic rings. The summed E-state index contributed by atoms with van der Waals surface area (Å²) in [5, 5.41) is 9.11. The second kappa shape index (κ2) is 5.29. The first-order valence-corrected chi connectivity index (χ1v) is 7.01.